The fraction of sp³-hybridized carbons (Fsp3) is 0.375. The highest BCUT2D eigenvalue weighted by atomic mass is 16.1. The molecule has 2 aromatic rings. The van der Waals surface area contributed by atoms with Crippen LogP contribution in [0.3, 0.4) is 0 Å². The topological polar surface area (TPSA) is 56.0 Å². The Morgan fingerprint density at radius 3 is 2.47 bits per heavy atom. The van der Waals surface area contributed by atoms with Crippen LogP contribution in [-0.4, -0.2) is 16.3 Å². The summed E-state index contributed by atoms with van der Waals surface area (Å²) in [6, 6.07) is 7.64. The van der Waals surface area contributed by atoms with Gasteiger partial charge < -0.3 is 5.73 Å². The van der Waals surface area contributed by atoms with E-state index in [1.54, 1.807) is 12.4 Å². The van der Waals surface area contributed by atoms with E-state index in [-0.39, 0.29) is 5.78 Å². The quantitative estimate of drug-likeness (QED) is 0.858. The second-order valence-electron chi connectivity index (χ2n) is 6.08. The molecule has 2 N–H and O–H groups in total. The number of hydrogen-bond donors (Lipinski definition) is 1. The van der Waals surface area contributed by atoms with Gasteiger partial charge >= 0.3 is 0 Å². The number of pyridine rings is 1. The molecule has 0 spiro atoms. The van der Waals surface area contributed by atoms with Crippen LogP contribution in [-0.2, 0) is 0 Å². The van der Waals surface area contributed by atoms with Crippen molar-refractivity contribution in [3.05, 3.63) is 42.2 Å². The fourth-order valence-corrected chi connectivity index (χ4v) is 1.94. The van der Waals surface area contributed by atoms with Gasteiger partial charge in [-0.1, -0.05) is 32.0 Å². The Labute approximate surface area is 113 Å². The van der Waals surface area contributed by atoms with Gasteiger partial charge in [0.2, 0.25) is 0 Å². The zero-order chi connectivity index (χ0) is 14.3. The summed E-state index contributed by atoms with van der Waals surface area (Å²) in [6.07, 6.45) is 3.47. The van der Waals surface area contributed by atoms with Gasteiger partial charge in [0.25, 0.3) is 0 Å². The minimum absolute atomic E-state index is 0.0543. The Morgan fingerprint density at radius 1 is 1.16 bits per heavy atom. The predicted molar refractivity (Wildman–Crippen MR) is 78.1 cm³/mol. The van der Waals surface area contributed by atoms with Gasteiger partial charge in [0, 0.05) is 34.3 Å². The number of nitrogens with zero attached hydrogens (tertiary/aromatic N) is 1. The number of benzene rings is 1. The van der Waals surface area contributed by atoms with Gasteiger partial charge in [-0.2, -0.15) is 0 Å². The SMILES string of the molecule is CC(C)(N)C(C)(C)C(=O)c1cccc2ccncc12. The lowest BCUT2D eigenvalue weighted by molar-refractivity contribution is 0.0737. The summed E-state index contributed by atoms with van der Waals surface area (Å²) in [5, 5.41) is 1.90. The van der Waals surface area contributed by atoms with E-state index in [0.717, 1.165) is 10.8 Å². The van der Waals surface area contributed by atoms with Crippen LogP contribution in [0, 0.1) is 5.41 Å². The van der Waals surface area contributed by atoms with Crippen LogP contribution in [0.1, 0.15) is 38.1 Å². The van der Waals surface area contributed by atoms with Gasteiger partial charge in [-0.05, 0) is 25.3 Å². The van der Waals surface area contributed by atoms with Crippen molar-refractivity contribution in [1.82, 2.24) is 4.98 Å². The van der Waals surface area contributed by atoms with Gasteiger partial charge in [-0.15, -0.1) is 0 Å². The van der Waals surface area contributed by atoms with Crippen molar-refractivity contribution in [2.75, 3.05) is 0 Å². The Morgan fingerprint density at radius 2 is 1.84 bits per heavy atom. The first-order valence-corrected chi connectivity index (χ1v) is 6.41. The average molecular weight is 256 g/mol. The van der Waals surface area contributed by atoms with Crippen LogP contribution in [0.5, 0.6) is 0 Å². The maximum atomic E-state index is 12.8. The van der Waals surface area contributed by atoms with Crippen molar-refractivity contribution in [1.29, 1.82) is 0 Å². The summed E-state index contributed by atoms with van der Waals surface area (Å²) in [7, 11) is 0. The summed E-state index contributed by atoms with van der Waals surface area (Å²) in [6.45, 7) is 7.55. The highest BCUT2D eigenvalue weighted by molar-refractivity contribution is 6.10. The van der Waals surface area contributed by atoms with Crippen LogP contribution in [0.25, 0.3) is 10.8 Å². The first-order chi connectivity index (χ1) is 8.75. The lowest BCUT2D eigenvalue weighted by Gasteiger charge is -2.37. The summed E-state index contributed by atoms with van der Waals surface area (Å²) < 4.78 is 0. The molecule has 0 unspecified atom stereocenters. The predicted octanol–water partition coefficient (Wildman–Crippen LogP) is 3.18. The molecule has 1 heterocycles. The number of rotatable bonds is 3. The molecule has 0 bridgehead atoms. The van der Waals surface area contributed by atoms with E-state index in [0.29, 0.717) is 5.56 Å². The van der Waals surface area contributed by atoms with Crippen molar-refractivity contribution in [3.63, 3.8) is 0 Å². The second kappa shape index (κ2) is 4.42. The molecule has 0 aliphatic heterocycles. The molecular formula is C16H20N2O. The van der Waals surface area contributed by atoms with Crippen LogP contribution in [0.15, 0.2) is 36.7 Å². The molecule has 0 fully saturated rings. The highest BCUT2D eigenvalue weighted by Crippen LogP contribution is 2.34. The largest absolute Gasteiger partial charge is 0.325 e. The Balaban J connectivity index is 2.60. The molecule has 0 saturated heterocycles. The van der Waals surface area contributed by atoms with Crippen molar-refractivity contribution in [3.8, 4) is 0 Å². The number of aromatic nitrogens is 1. The minimum Gasteiger partial charge on any atom is -0.325 e. The van der Waals surface area contributed by atoms with Gasteiger partial charge in [0.15, 0.2) is 5.78 Å². The summed E-state index contributed by atoms with van der Waals surface area (Å²) >= 11 is 0. The average Bonchev–Trinajstić information content (AvgIpc) is 2.36. The van der Waals surface area contributed by atoms with Gasteiger partial charge in [-0.25, -0.2) is 0 Å². The third kappa shape index (κ3) is 2.26. The molecule has 2 rings (SSSR count). The Bertz CT molecular complexity index is 619. The number of Topliss-reactive ketones (excluding diaryl/α,β-unsaturated/α-hetero) is 1. The molecule has 0 radical (unpaired) electrons. The monoisotopic (exact) mass is 256 g/mol. The molecule has 3 heteroatoms. The molecule has 0 aliphatic rings. The van der Waals surface area contributed by atoms with E-state index in [9.17, 15) is 4.79 Å². The minimum atomic E-state index is -0.642. The van der Waals surface area contributed by atoms with Crippen LogP contribution in [0.2, 0.25) is 0 Å². The molecule has 3 nitrogen and oxygen atoms in total. The Hall–Kier alpha value is -1.74. The van der Waals surface area contributed by atoms with Gasteiger partial charge in [0.1, 0.15) is 0 Å². The normalized spacial score (nSPS) is 12.7. The smallest absolute Gasteiger partial charge is 0.170 e. The second-order valence-corrected chi connectivity index (χ2v) is 6.08. The summed E-state index contributed by atoms with van der Waals surface area (Å²) in [5.74, 6) is 0.0543. The molecular weight excluding hydrogens is 236 g/mol. The number of carbonyl (C=O) groups is 1. The van der Waals surface area contributed by atoms with E-state index in [1.165, 1.54) is 0 Å². The number of ketones is 1. The van der Waals surface area contributed by atoms with Crippen LogP contribution in [0.4, 0.5) is 0 Å². The highest BCUT2D eigenvalue weighted by Gasteiger charge is 2.41. The van der Waals surface area contributed by atoms with E-state index in [2.05, 4.69) is 4.98 Å². The van der Waals surface area contributed by atoms with Crippen LogP contribution >= 0.6 is 0 Å². The standard InChI is InChI=1S/C16H20N2O/c1-15(2,16(3,4)17)14(19)12-7-5-6-11-8-9-18-10-13(11)12/h5-10H,17H2,1-4H3. The lowest BCUT2D eigenvalue weighted by atomic mass is 9.70. The van der Waals surface area contributed by atoms with Crippen molar-refractivity contribution in [2.45, 2.75) is 33.2 Å². The van der Waals surface area contributed by atoms with E-state index in [4.69, 9.17) is 5.73 Å². The molecule has 19 heavy (non-hydrogen) atoms. The van der Waals surface area contributed by atoms with Crippen LogP contribution < -0.4 is 5.73 Å². The van der Waals surface area contributed by atoms with Gasteiger partial charge in [-0.3, -0.25) is 9.78 Å². The maximum absolute atomic E-state index is 12.8. The first kappa shape index (κ1) is 13.7. The first-order valence-electron chi connectivity index (χ1n) is 6.41. The summed E-state index contributed by atoms with van der Waals surface area (Å²) in [4.78, 5) is 16.9. The number of hydrogen-bond acceptors (Lipinski definition) is 3. The molecule has 0 saturated carbocycles. The van der Waals surface area contributed by atoms with Gasteiger partial charge in [0.05, 0.1) is 0 Å². The third-order valence-corrected chi connectivity index (χ3v) is 4.11. The number of fused-ring (bicyclic) bond motifs is 1. The zero-order valence-electron chi connectivity index (χ0n) is 11.9. The molecule has 1 aromatic heterocycles. The lowest BCUT2D eigenvalue weighted by Crippen LogP contribution is -2.51. The maximum Gasteiger partial charge on any atom is 0.170 e. The molecule has 0 aliphatic carbocycles. The molecule has 100 valence electrons. The molecule has 0 amide bonds. The van der Waals surface area contributed by atoms with E-state index < -0.39 is 11.0 Å². The van der Waals surface area contributed by atoms with Crippen molar-refractivity contribution in [2.24, 2.45) is 11.1 Å². The number of nitrogens with two attached hydrogens (primary N) is 1. The van der Waals surface area contributed by atoms with Crippen molar-refractivity contribution >= 4 is 16.6 Å². The van der Waals surface area contributed by atoms with E-state index >= 15 is 0 Å². The third-order valence-electron chi connectivity index (χ3n) is 4.11. The fourth-order valence-electron chi connectivity index (χ4n) is 1.94. The summed E-state index contributed by atoms with van der Waals surface area (Å²) in [5.41, 5.74) is 5.62. The molecule has 1 aromatic carbocycles. The molecule has 0 atom stereocenters. The Kier molecular flexibility index (Phi) is 3.19. The van der Waals surface area contributed by atoms with Crippen molar-refractivity contribution < 1.29 is 4.79 Å². The zero-order valence-corrected chi connectivity index (χ0v) is 11.9. The van der Waals surface area contributed by atoms with E-state index in [1.807, 2.05) is 52.0 Å². The number of carbonyl (C=O) groups excluding carboxylic acids is 1.